The number of rotatable bonds is 4. The normalized spacial score (nSPS) is 10.3. The van der Waals surface area contributed by atoms with E-state index in [1.165, 1.54) is 18.5 Å². The van der Waals surface area contributed by atoms with Crippen molar-refractivity contribution >= 4 is 11.5 Å². The first kappa shape index (κ1) is 11.3. The van der Waals surface area contributed by atoms with Gasteiger partial charge in [0.2, 0.25) is 0 Å². The molecule has 0 saturated carbocycles. The second-order valence-corrected chi connectivity index (χ2v) is 3.56. The molecule has 0 aliphatic carbocycles. The minimum Gasteiger partial charge on any atom is -0.299 e. The molecular weight excluding hydrogens is 196 g/mol. The van der Waals surface area contributed by atoms with Gasteiger partial charge in [0.25, 0.3) is 5.69 Å². The van der Waals surface area contributed by atoms with Crippen molar-refractivity contribution in [3.05, 3.63) is 34.1 Å². The maximum Gasteiger partial charge on any atom is 0.291 e. The molecule has 0 aromatic carbocycles. The van der Waals surface area contributed by atoms with Crippen LogP contribution in [0.5, 0.6) is 0 Å². The van der Waals surface area contributed by atoms with Crippen molar-refractivity contribution in [2.45, 2.75) is 20.3 Å². The summed E-state index contributed by atoms with van der Waals surface area (Å²) in [6, 6.07) is 1.51. The van der Waals surface area contributed by atoms with Crippen LogP contribution in [-0.2, 0) is 11.2 Å². The third-order valence-corrected chi connectivity index (χ3v) is 2.09. The van der Waals surface area contributed by atoms with E-state index in [9.17, 15) is 14.9 Å². The van der Waals surface area contributed by atoms with Gasteiger partial charge >= 0.3 is 0 Å². The maximum absolute atomic E-state index is 11.4. The third kappa shape index (κ3) is 2.83. The molecule has 0 unspecified atom stereocenters. The van der Waals surface area contributed by atoms with Crippen LogP contribution >= 0.6 is 0 Å². The molecule has 0 saturated heterocycles. The van der Waals surface area contributed by atoms with Crippen molar-refractivity contribution in [1.29, 1.82) is 0 Å². The van der Waals surface area contributed by atoms with Gasteiger partial charge in [0, 0.05) is 24.1 Å². The molecular formula is C10H12N2O3. The highest BCUT2D eigenvalue weighted by Crippen LogP contribution is 2.17. The fourth-order valence-electron chi connectivity index (χ4n) is 1.12. The van der Waals surface area contributed by atoms with Gasteiger partial charge in [-0.15, -0.1) is 0 Å². The van der Waals surface area contributed by atoms with Gasteiger partial charge in [-0.25, -0.2) is 0 Å². The largest absolute Gasteiger partial charge is 0.299 e. The second-order valence-electron chi connectivity index (χ2n) is 3.56. The first-order valence-corrected chi connectivity index (χ1v) is 4.62. The zero-order valence-corrected chi connectivity index (χ0v) is 8.64. The number of nitrogens with zero attached hydrogens (tertiary/aromatic N) is 2. The Morgan fingerprint density at radius 3 is 2.80 bits per heavy atom. The molecule has 80 valence electrons. The minimum atomic E-state index is -0.518. The highest BCUT2D eigenvalue weighted by atomic mass is 16.6. The number of pyridine rings is 1. The van der Waals surface area contributed by atoms with Crippen molar-refractivity contribution in [3.8, 4) is 0 Å². The molecule has 0 fully saturated rings. The average molecular weight is 208 g/mol. The summed E-state index contributed by atoms with van der Waals surface area (Å²) in [6.45, 7) is 3.55. The predicted octanol–water partition coefficient (Wildman–Crippen LogP) is 1.76. The Morgan fingerprint density at radius 2 is 2.27 bits per heavy atom. The van der Waals surface area contributed by atoms with E-state index < -0.39 is 4.92 Å². The molecule has 1 aromatic heterocycles. The number of nitro groups is 1. The van der Waals surface area contributed by atoms with Gasteiger partial charge in [-0.3, -0.25) is 19.9 Å². The lowest BCUT2D eigenvalue weighted by atomic mass is 10.0. The van der Waals surface area contributed by atoms with Gasteiger partial charge in [0.05, 0.1) is 4.92 Å². The second kappa shape index (κ2) is 4.63. The van der Waals surface area contributed by atoms with Gasteiger partial charge < -0.3 is 0 Å². The van der Waals surface area contributed by atoms with Crippen molar-refractivity contribution in [2.24, 2.45) is 5.92 Å². The minimum absolute atomic E-state index is 0.00991. The maximum atomic E-state index is 11.4. The van der Waals surface area contributed by atoms with Gasteiger partial charge in [-0.2, -0.15) is 0 Å². The van der Waals surface area contributed by atoms with Crippen LogP contribution in [-0.4, -0.2) is 15.7 Å². The van der Waals surface area contributed by atoms with E-state index in [0.29, 0.717) is 5.56 Å². The van der Waals surface area contributed by atoms with Crippen LogP contribution in [0.3, 0.4) is 0 Å². The molecule has 0 bridgehead atoms. The molecule has 5 heteroatoms. The van der Waals surface area contributed by atoms with Gasteiger partial charge in [0.15, 0.2) is 0 Å². The lowest BCUT2D eigenvalue weighted by Crippen LogP contribution is -2.11. The van der Waals surface area contributed by atoms with Crippen LogP contribution in [0.1, 0.15) is 19.4 Å². The summed E-state index contributed by atoms with van der Waals surface area (Å²) in [4.78, 5) is 25.2. The van der Waals surface area contributed by atoms with Crippen LogP contribution in [0.4, 0.5) is 5.69 Å². The number of carbonyl (C=O) groups is 1. The van der Waals surface area contributed by atoms with Crippen LogP contribution in [0.25, 0.3) is 0 Å². The molecule has 0 spiro atoms. The van der Waals surface area contributed by atoms with E-state index in [1.54, 1.807) is 13.8 Å². The van der Waals surface area contributed by atoms with Gasteiger partial charge in [0.1, 0.15) is 12.0 Å². The topological polar surface area (TPSA) is 73.1 Å². The first-order valence-electron chi connectivity index (χ1n) is 4.62. The standard InChI is InChI=1S/C10H12N2O3/c1-7(2)10(13)5-8-3-4-11-6-9(8)12(14)15/h3-4,6-7H,5H2,1-2H3. The van der Waals surface area contributed by atoms with Crippen molar-refractivity contribution in [1.82, 2.24) is 4.98 Å². The summed E-state index contributed by atoms with van der Waals surface area (Å²) in [7, 11) is 0. The Labute approximate surface area is 87.3 Å². The number of Topliss-reactive ketones (excluding diaryl/α,β-unsaturated/α-hetero) is 1. The van der Waals surface area contributed by atoms with Crippen LogP contribution < -0.4 is 0 Å². The van der Waals surface area contributed by atoms with Crippen molar-refractivity contribution in [3.63, 3.8) is 0 Å². The molecule has 1 rings (SSSR count). The van der Waals surface area contributed by atoms with Crippen molar-refractivity contribution < 1.29 is 9.72 Å². The van der Waals surface area contributed by atoms with E-state index in [-0.39, 0.29) is 23.8 Å². The van der Waals surface area contributed by atoms with Crippen LogP contribution in [0.2, 0.25) is 0 Å². The Hall–Kier alpha value is -1.78. The highest BCUT2D eigenvalue weighted by molar-refractivity contribution is 5.83. The number of carbonyl (C=O) groups excluding carboxylic acids is 1. The molecule has 5 nitrogen and oxygen atoms in total. The summed E-state index contributed by atoms with van der Waals surface area (Å²) in [5.74, 6) is -0.123. The Balaban J connectivity index is 2.94. The summed E-state index contributed by atoms with van der Waals surface area (Å²) in [5, 5.41) is 10.6. The molecule has 0 amide bonds. The lowest BCUT2D eigenvalue weighted by molar-refractivity contribution is -0.385. The summed E-state index contributed by atoms with van der Waals surface area (Å²) in [5.41, 5.74) is 0.334. The smallest absolute Gasteiger partial charge is 0.291 e. The molecule has 15 heavy (non-hydrogen) atoms. The zero-order chi connectivity index (χ0) is 11.4. The summed E-state index contributed by atoms with van der Waals surface area (Å²) >= 11 is 0. The lowest BCUT2D eigenvalue weighted by Gasteiger charge is -2.04. The Kier molecular flexibility index (Phi) is 3.49. The first-order chi connectivity index (χ1) is 7.02. The van der Waals surface area contributed by atoms with E-state index >= 15 is 0 Å². The van der Waals surface area contributed by atoms with Crippen LogP contribution in [0.15, 0.2) is 18.5 Å². The van der Waals surface area contributed by atoms with Gasteiger partial charge in [-0.1, -0.05) is 13.8 Å². The average Bonchev–Trinajstić information content (AvgIpc) is 2.18. The van der Waals surface area contributed by atoms with E-state index in [2.05, 4.69) is 4.98 Å². The molecule has 1 heterocycles. The summed E-state index contributed by atoms with van der Waals surface area (Å²) in [6.07, 6.45) is 2.72. The molecule has 1 aromatic rings. The highest BCUT2D eigenvalue weighted by Gasteiger charge is 2.17. The quantitative estimate of drug-likeness (QED) is 0.558. The molecule has 0 aliphatic rings. The number of hydrogen-bond acceptors (Lipinski definition) is 4. The molecule has 0 N–H and O–H groups in total. The predicted molar refractivity (Wildman–Crippen MR) is 54.4 cm³/mol. The third-order valence-electron chi connectivity index (χ3n) is 2.09. The monoisotopic (exact) mass is 208 g/mol. The van der Waals surface area contributed by atoms with E-state index in [1.807, 2.05) is 0 Å². The zero-order valence-electron chi connectivity index (χ0n) is 8.64. The number of aromatic nitrogens is 1. The van der Waals surface area contributed by atoms with E-state index in [0.717, 1.165) is 0 Å². The molecule has 0 atom stereocenters. The number of hydrogen-bond donors (Lipinski definition) is 0. The van der Waals surface area contributed by atoms with E-state index in [4.69, 9.17) is 0 Å². The summed E-state index contributed by atoms with van der Waals surface area (Å²) < 4.78 is 0. The fourth-order valence-corrected chi connectivity index (χ4v) is 1.12. The number of ketones is 1. The Morgan fingerprint density at radius 1 is 1.60 bits per heavy atom. The molecule has 0 radical (unpaired) electrons. The van der Waals surface area contributed by atoms with Crippen molar-refractivity contribution in [2.75, 3.05) is 0 Å². The van der Waals surface area contributed by atoms with Gasteiger partial charge in [-0.05, 0) is 6.07 Å². The molecule has 0 aliphatic heterocycles. The van der Waals surface area contributed by atoms with Crippen LogP contribution in [0, 0.1) is 16.0 Å². The fraction of sp³-hybridized carbons (Fsp3) is 0.400. The Bertz CT molecular complexity index is 388. The SMILES string of the molecule is CC(C)C(=O)Cc1ccncc1[N+](=O)[O-].